The maximum atomic E-state index is 12.4. The summed E-state index contributed by atoms with van der Waals surface area (Å²) >= 11 is 2.06. The summed E-state index contributed by atoms with van der Waals surface area (Å²) in [6.07, 6.45) is 0. The molecule has 6 heteroatoms. The zero-order valence-corrected chi connectivity index (χ0v) is 15.4. The maximum Gasteiger partial charge on any atom is 0.240 e. The molecular formula is C16H18INO3S. The van der Waals surface area contributed by atoms with Crippen LogP contribution in [-0.2, 0) is 10.0 Å². The van der Waals surface area contributed by atoms with Crippen molar-refractivity contribution >= 4 is 32.6 Å². The quantitative estimate of drug-likeness (QED) is 0.714. The molecule has 0 aromatic heterocycles. The van der Waals surface area contributed by atoms with Crippen molar-refractivity contribution in [3.05, 3.63) is 57.7 Å². The fourth-order valence-corrected chi connectivity index (χ4v) is 4.13. The molecule has 4 nitrogen and oxygen atoms in total. The highest BCUT2D eigenvalue weighted by molar-refractivity contribution is 14.1. The first-order valence-electron chi connectivity index (χ1n) is 6.82. The Labute approximate surface area is 145 Å². The Morgan fingerprint density at radius 2 is 1.86 bits per heavy atom. The number of benzene rings is 2. The molecule has 0 amide bonds. The summed E-state index contributed by atoms with van der Waals surface area (Å²) in [6, 6.07) is 14.7. The first-order chi connectivity index (χ1) is 10.4. The molecular weight excluding hydrogens is 413 g/mol. The summed E-state index contributed by atoms with van der Waals surface area (Å²) in [7, 11) is -1.96. The van der Waals surface area contributed by atoms with Gasteiger partial charge < -0.3 is 4.74 Å². The van der Waals surface area contributed by atoms with Crippen molar-refractivity contribution in [2.24, 2.45) is 0 Å². The SMILES string of the molecule is COc1ccc(S(=O)(=O)NC[C@@H](C)c2ccccc2)cc1I. The van der Waals surface area contributed by atoms with E-state index in [0.717, 1.165) is 9.13 Å². The average Bonchev–Trinajstić information content (AvgIpc) is 2.53. The van der Waals surface area contributed by atoms with Crippen LogP contribution in [0.5, 0.6) is 5.75 Å². The molecule has 0 radical (unpaired) electrons. The average molecular weight is 431 g/mol. The smallest absolute Gasteiger partial charge is 0.240 e. The Bertz CT molecular complexity index is 732. The van der Waals surface area contributed by atoms with Crippen molar-refractivity contribution in [1.29, 1.82) is 0 Å². The van der Waals surface area contributed by atoms with Gasteiger partial charge in [0.05, 0.1) is 15.6 Å². The van der Waals surface area contributed by atoms with Crippen molar-refractivity contribution in [1.82, 2.24) is 4.72 Å². The molecule has 0 heterocycles. The van der Waals surface area contributed by atoms with E-state index in [9.17, 15) is 8.42 Å². The monoisotopic (exact) mass is 431 g/mol. The van der Waals surface area contributed by atoms with Gasteiger partial charge in [-0.25, -0.2) is 13.1 Å². The summed E-state index contributed by atoms with van der Waals surface area (Å²) in [6.45, 7) is 2.35. The fraction of sp³-hybridized carbons (Fsp3) is 0.250. The van der Waals surface area contributed by atoms with E-state index in [1.807, 2.05) is 37.3 Å². The first kappa shape index (κ1) is 17.2. The van der Waals surface area contributed by atoms with Gasteiger partial charge in [-0.05, 0) is 52.3 Å². The van der Waals surface area contributed by atoms with Gasteiger partial charge >= 0.3 is 0 Å². The lowest BCUT2D eigenvalue weighted by atomic mass is 10.0. The molecule has 0 saturated carbocycles. The fourth-order valence-electron chi connectivity index (χ4n) is 2.03. The van der Waals surface area contributed by atoms with E-state index in [4.69, 9.17) is 4.74 Å². The zero-order chi connectivity index (χ0) is 16.2. The second-order valence-electron chi connectivity index (χ2n) is 4.96. The standard InChI is InChI=1S/C16H18INO3S/c1-12(13-6-4-3-5-7-13)11-18-22(19,20)14-8-9-16(21-2)15(17)10-14/h3-10,12,18H,11H2,1-2H3/t12-/m1/s1. The number of halogens is 1. The highest BCUT2D eigenvalue weighted by atomic mass is 127. The molecule has 0 bridgehead atoms. The van der Waals surface area contributed by atoms with Crippen LogP contribution in [0.15, 0.2) is 53.4 Å². The van der Waals surface area contributed by atoms with Gasteiger partial charge in [0.2, 0.25) is 10.0 Å². The van der Waals surface area contributed by atoms with Crippen LogP contribution in [0.2, 0.25) is 0 Å². The molecule has 118 valence electrons. The van der Waals surface area contributed by atoms with E-state index in [1.54, 1.807) is 25.3 Å². The molecule has 0 aliphatic heterocycles. The van der Waals surface area contributed by atoms with Gasteiger partial charge in [-0.15, -0.1) is 0 Å². The van der Waals surface area contributed by atoms with Gasteiger partial charge in [0.25, 0.3) is 0 Å². The van der Waals surface area contributed by atoms with Crippen LogP contribution in [0.25, 0.3) is 0 Å². The third kappa shape index (κ3) is 4.21. The molecule has 0 spiro atoms. The van der Waals surface area contributed by atoms with Crippen LogP contribution < -0.4 is 9.46 Å². The molecule has 0 saturated heterocycles. The Morgan fingerprint density at radius 3 is 2.45 bits per heavy atom. The second-order valence-corrected chi connectivity index (χ2v) is 7.89. The lowest BCUT2D eigenvalue weighted by Gasteiger charge is -2.14. The summed E-state index contributed by atoms with van der Waals surface area (Å²) in [4.78, 5) is 0.248. The summed E-state index contributed by atoms with van der Waals surface area (Å²) in [5.41, 5.74) is 1.11. The van der Waals surface area contributed by atoms with Crippen molar-refractivity contribution < 1.29 is 13.2 Å². The molecule has 0 aliphatic carbocycles. The van der Waals surface area contributed by atoms with Crippen LogP contribution >= 0.6 is 22.6 Å². The largest absolute Gasteiger partial charge is 0.496 e. The minimum absolute atomic E-state index is 0.105. The summed E-state index contributed by atoms with van der Waals surface area (Å²) in [5, 5.41) is 0. The minimum atomic E-state index is -3.52. The molecule has 1 atom stereocenters. The van der Waals surface area contributed by atoms with Gasteiger partial charge in [-0.1, -0.05) is 37.3 Å². The molecule has 0 unspecified atom stereocenters. The van der Waals surface area contributed by atoms with Crippen LogP contribution in [-0.4, -0.2) is 22.1 Å². The number of hydrogen-bond donors (Lipinski definition) is 1. The number of hydrogen-bond acceptors (Lipinski definition) is 3. The van der Waals surface area contributed by atoms with Crippen LogP contribution in [0.4, 0.5) is 0 Å². The van der Waals surface area contributed by atoms with E-state index in [-0.39, 0.29) is 10.8 Å². The van der Waals surface area contributed by atoms with Gasteiger partial charge in [-0.3, -0.25) is 0 Å². The molecule has 22 heavy (non-hydrogen) atoms. The van der Waals surface area contributed by atoms with Crippen LogP contribution in [0.3, 0.4) is 0 Å². The maximum absolute atomic E-state index is 12.4. The predicted molar refractivity (Wildman–Crippen MR) is 95.8 cm³/mol. The van der Waals surface area contributed by atoms with Crippen molar-refractivity contribution in [3.8, 4) is 5.75 Å². The topological polar surface area (TPSA) is 55.4 Å². The predicted octanol–water partition coefficient (Wildman–Crippen LogP) is 3.38. The van der Waals surface area contributed by atoms with Crippen molar-refractivity contribution in [2.45, 2.75) is 17.7 Å². The molecule has 1 N–H and O–H groups in total. The first-order valence-corrected chi connectivity index (χ1v) is 9.38. The number of rotatable bonds is 6. The van der Waals surface area contributed by atoms with Gasteiger partial charge in [0.15, 0.2) is 0 Å². The van der Waals surface area contributed by atoms with Gasteiger partial charge in [0, 0.05) is 6.54 Å². The number of ether oxygens (including phenoxy) is 1. The Hall–Kier alpha value is -1.12. The lowest BCUT2D eigenvalue weighted by molar-refractivity contribution is 0.411. The van der Waals surface area contributed by atoms with Gasteiger partial charge in [-0.2, -0.15) is 0 Å². The Morgan fingerprint density at radius 1 is 1.18 bits per heavy atom. The lowest BCUT2D eigenvalue weighted by Crippen LogP contribution is -2.27. The van der Waals surface area contributed by atoms with E-state index in [0.29, 0.717) is 12.3 Å². The van der Waals surface area contributed by atoms with Gasteiger partial charge in [0.1, 0.15) is 5.75 Å². The Kier molecular flexibility index (Phi) is 5.82. The summed E-state index contributed by atoms with van der Waals surface area (Å²) < 4.78 is 33.3. The number of methoxy groups -OCH3 is 1. The molecule has 2 rings (SSSR count). The van der Waals surface area contributed by atoms with Crippen LogP contribution in [0.1, 0.15) is 18.4 Å². The second kappa shape index (κ2) is 7.43. The summed E-state index contributed by atoms with van der Waals surface area (Å²) in [5.74, 6) is 0.769. The van der Waals surface area contributed by atoms with E-state index >= 15 is 0 Å². The van der Waals surface area contributed by atoms with Crippen LogP contribution in [0, 0.1) is 3.57 Å². The molecule has 2 aromatic rings. The number of sulfonamides is 1. The highest BCUT2D eigenvalue weighted by Crippen LogP contribution is 2.24. The Balaban J connectivity index is 2.10. The van der Waals surface area contributed by atoms with Crippen molar-refractivity contribution in [2.75, 3.05) is 13.7 Å². The van der Waals surface area contributed by atoms with E-state index < -0.39 is 10.0 Å². The minimum Gasteiger partial charge on any atom is -0.496 e. The molecule has 0 fully saturated rings. The third-order valence-electron chi connectivity index (χ3n) is 3.38. The van der Waals surface area contributed by atoms with E-state index in [1.165, 1.54) is 0 Å². The third-order valence-corrected chi connectivity index (χ3v) is 5.65. The highest BCUT2D eigenvalue weighted by Gasteiger charge is 2.17. The number of nitrogens with one attached hydrogen (secondary N) is 1. The van der Waals surface area contributed by atoms with Crippen molar-refractivity contribution in [3.63, 3.8) is 0 Å². The molecule has 2 aromatic carbocycles. The molecule has 0 aliphatic rings. The van der Waals surface area contributed by atoms with E-state index in [2.05, 4.69) is 27.3 Å². The zero-order valence-electron chi connectivity index (χ0n) is 12.4. The normalized spacial score (nSPS) is 12.9.